The van der Waals surface area contributed by atoms with Crippen LogP contribution in [0.1, 0.15) is 5.69 Å². The molecule has 2 aromatic carbocycles. The first-order chi connectivity index (χ1) is 12.5. The van der Waals surface area contributed by atoms with Gasteiger partial charge in [0, 0.05) is 17.0 Å². The number of methoxy groups -OCH3 is 1. The number of hydrogen-bond acceptors (Lipinski definition) is 7. The molecule has 1 aromatic heterocycles. The van der Waals surface area contributed by atoms with Gasteiger partial charge in [0.25, 0.3) is 5.69 Å². The summed E-state index contributed by atoms with van der Waals surface area (Å²) in [5.74, 6) is 0.359. The third-order valence-corrected chi connectivity index (χ3v) is 4.41. The molecule has 0 spiro atoms. The number of esters is 1. The fraction of sp³-hybridized carbons (Fsp3) is 0.111. The molecule has 0 aliphatic rings. The van der Waals surface area contributed by atoms with Crippen molar-refractivity contribution in [2.24, 2.45) is 0 Å². The van der Waals surface area contributed by atoms with Crippen molar-refractivity contribution >= 4 is 23.0 Å². The number of rotatable bonds is 6. The van der Waals surface area contributed by atoms with E-state index in [0.717, 1.165) is 16.3 Å². The van der Waals surface area contributed by atoms with E-state index in [1.54, 1.807) is 12.5 Å². The topological polar surface area (TPSA) is 91.6 Å². The van der Waals surface area contributed by atoms with Crippen LogP contribution >= 0.6 is 11.3 Å². The number of nitro benzene ring substituents is 1. The first-order valence-corrected chi connectivity index (χ1v) is 8.47. The molecule has 7 nitrogen and oxygen atoms in total. The first kappa shape index (κ1) is 17.6. The number of ether oxygens (including phenoxy) is 2. The molecule has 0 aliphatic heterocycles. The van der Waals surface area contributed by atoms with Crippen LogP contribution in [0.2, 0.25) is 0 Å². The van der Waals surface area contributed by atoms with E-state index >= 15 is 0 Å². The second kappa shape index (κ2) is 7.75. The third-order valence-electron chi connectivity index (χ3n) is 3.47. The number of hydrogen-bond donors (Lipinski definition) is 0. The van der Waals surface area contributed by atoms with Crippen molar-refractivity contribution in [3.05, 3.63) is 69.7 Å². The molecule has 0 atom stereocenters. The number of benzene rings is 2. The number of thiazole rings is 1. The van der Waals surface area contributed by atoms with Crippen LogP contribution in [-0.4, -0.2) is 23.0 Å². The highest BCUT2D eigenvalue weighted by molar-refractivity contribution is 7.13. The maximum Gasteiger partial charge on any atom is 0.317 e. The monoisotopic (exact) mass is 370 g/mol. The third kappa shape index (κ3) is 4.22. The van der Waals surface area contributed by atoms with E-state index in [2.05, 4.69) is 4.98 Å². The SMILES string of the molecule is COc1ccc(-c2nc(CC(=O)Oc3cccc([N+](=O)[O-])c3)cs2)cc1. The van der Waals surface area contributed by atoms with E-state index < -0.39 is 10.9 Å². The highest BCUT2D eigenvalue weighted by Crippen LogP contribution is 2.26. The molecule has 0 N–H and O–H groups in total. The number of aromatic nitrogens is 1. The van der Waals surface area contributed by atoms with Crippen LogP contribution in [0.25, 0.3) is 10.6 Å². The standard InChI is InChI=1S/C18H14N2O5S/c1-24-15-7-5-12(6-8-15)18-19-13(11-26-18)9-17(21)25-16-4-2-3-14(10-16)20(22)23/h2-8,10-11H,9H2,1H3. The normalized spacial score (nSPS) is 10.3. The van der Waals surface area contributed by atoms with Gasteiger partial charge in [0.2, 0.25) is 0 Å². The Morgan fingerprint density at radius 2 is 1.96 bits per heavy atom. The molecule has 26 heavy (non-hydrogen) atoms. The molecule has 0 radical (unpaired) electrons. The zero-order valence-corrected chi connectivity index (χ0v) is 14.6. The molecule has 0 fully saturated rings. The molecule has 0 saturated carbocycles. The predicted molar refractivity (Wildman–Crippen MR) is 96.5 cm³/mol. The molecule has 0 unspecified atom stereocenters. The number of non-ortho nitro benzene ring substituents is 1. The molecule has 0 bridgehead atoms. The van der Waals surface area contributed by atoms with Gasteiger partial charge in [0.1, 0.15) is 16.5 Å². The summed E-state index contributed by atoms with van der Waals surface area (Å²) in [6, 6.07) is 13.0. The average Bonchev–Trinajstić information content (AvgIpc) is 3.10. The summed E-state index contributed by atoms with van der Waals surface area (Å²) in [5, 5.41) is 13.3. The Morgan fingerprint density at radius 3 is 2.65 bits per heavy atom. The smallest absolute Gasteiger partial charge is 0.317 e. The van der Waals surface area contributed by atoms with Crippen LogP contribution in [0, 0.1) is 10.1 Å². The lowest BCUT2D eigenvalue weighted by molar-refractivity contribution is -0.384. The van der Waals surface area contributed by atoms with Crippen molar-refractivity contribution in [3.8, 4) is 22.1 Å². The first-order valence-electron chi connectivity index (χ1n) is 7.59. The van der Waals surface area contributed by atoms with Gasteiger partial charge in [-0.2, -0.15) is 0 Å². The van der Waals surface area contributed by atoms with Crippen molar-refractivity contribution < 1.29 is 19.2 Å². The van der Waals surface area contributed by atoms with Crippen LogP contribution in [0.3, 0.4) is 0 Å². The maximum absolute atomic E-state index is 12.0. The largest absolute Gasteiger partial charge is 0.497 e. The summed E-state index contributed by atoms with van der Waals surface area (Å²) in [6.45, 7) is 0. The lowest BCUT2D eigenvalue weighted by atomic mass is 10.2. The molecule has 1 heterocycles. The molecule has 3 aromatic rings. The summed E-state index contributed by atoms with van der Waals surface area (Å²) in [7, 11) is 1.60. The lowest BCUT2D eigenvalue weighted by Crippen LogP contribution is -2.11. The van der Waals surface area contributed by atoms with Crippen molar-refractivity contribution in [1.29, 1.82) is 0 Å². The van der Waals surface area contributed by atoms with Gasteiger partial charge >= 0.3 is 5.97 Å². The molecular formula is C18H14N2O5S. The fourth-order valence-corrected chi connectivity index (χ4v) is 3.06. The van der Waals surface area contributed by atoms with Gasteiger partial charge < -0.3 is 9.47 Å². The van der Waals surface area contributed by atoms with E-state index in [0.29, 0.717) is 5.69 Å². The Hall–Kier alpha value is -3.26. The van der Waals surface area contributed by atoms with Crippen LogP contribution in [0.15, 0.2) is 53.9 Å². The van der Waals surface area contributed by atoms with Crippen LogP contribution in [0.4, 0.5) is 5.69 Å². The number of nitro groups is 1. The predicted octanol–water partition coefficient (Wildman–Crippen LogP) is 3.88. The summed E-state index contributed by atoms with van der Waals surface area (Å²) < 4.78 is 10.3. The quantitative estimate of drug-likeness (QED) is 0.283. The van der Waals surface area contributed by atoms with E-state index in [1.165, 1.54) is 35.6 Å². The van der Waals surface area contributed by atoms with Crippen molar-refractivity contribution in [2.75, 3.05) is 7.11 Å². The number of carbonyl (C=O) groups is 1. The van der Waals surface area contributed by atoms with Crippen molar-refractivity contribution in [2.45, 2.75) is 6.42 Å². The highest BCUT2D eigenvalue weighted by Gasteiger charge is 2.13. The van der Waals surface area contributed by atoms with Gasteiger partial charge in [-0.05, 0) is 30.3 Å². The van der Waals surface area contributed by atoms with Crippen molar-refractivity contribution in [1.82, 2.24) is 4.98 Å². The van der Waals surface area contributed by atoms with Crippen LogP contribution in [-0.2, 0) is 11.2 Å². The van der Waals surface area contributed by atoms with Crippen LogP contribution in [0.5, 0.6) is 11.5 Å². The second-order valence-electron chi connectivity index (χ2n) is 5.28. The summed E-state index contributed by atoms with van der Waals surface area (Å²) in [6.07, 6.45) is -0.0185. The molecule has 8 heteroatoms. The van der Waals surface area contributed by atoms with Crippen molar-refractivity contribution in [3.63, 3.8) is 0 Å². The molecular weight excluding hydrogens is 356 g/mol. The van der Waals surface area contributed by atoms with Gasteiger partial charge in [0.05, 0.1) is 30.2 Å². The molecule has 132 valence electrons. The van der Waals surface area contributed by atoms with Gasteiger partial charge in [-0.15, -0.1) is 11.3 Å². The Kier molecular flexibility index (Phi) is 5.23. The average molecular weight is 370 g/mol. The summed E-state index contributed by atoms with van der Waals surface area (Å²) in [5.41, 5.74) is 1.37. The second-order valence-corrected chi connectivity index (χ2v) is 6.14. The lowest BCUT2D eigenvalue weighted by Gasteiger charge is -2.03. The minimum atomic E-state index is -0.543. The summed E-state index contributed by atoms with van der Waals surface area (Å²) >= 11 is 1.42. The van der Waals surface area contributed by atoms with Gasteiger partial charge in [0.15, 0.2) is 0 Å². The Balaban J connectivity index is 1.65. The van der Waals surface area contributed by atoms with Gasteiger partial charge in [-0.1, -0.05) is 6.07 Å². The van der Waals surface area contributed by atoms with E-state index in [-0.39, 0.29) is 17.9 Å². The minimum absolute atomic E-state index is 0.0185. The number of carbonyl (C=O) groups excluding carboxylic acids is 1. The summed E-state index contributed by atoms with van der Waals surface area (Å²) in [4.78, 5) is 26.7. The van der Waals surface area contributed by atoms with E-state index in [1.807, 2.05) is 24.3 Å². The number of nitrogens with zero attached hydrogens (tertiary/aromatic N) is 2. The Morgan fingerprint density at radius 1 is 1.19 bits per heavy atom. The van der Waals surface area contributed by atoms with Crippen LogP contribution < -0.4 is 9.47 Å². The fourth-order valence-electron chi connectivity index (χ4n) is 2.23. The maximum atomic E-state index is 12.0. The van der Waals surface area contributed by atoms with E-state index in [9.17, 15) is 14.9 Å². The van der Waals surface area contributed by atoms with Gasteiger partial charge in [-0.25, -0.2) is 4.98 Å². The van der Waals surface area contributed by atoms with Gasteiger partial charge in [-0.3, -0.25) is 14.9 Å². The molecule has 0 saturated heterocycles. The Bertz CT molecular complexity index is 937. The van der Waals surface area contributed by atoms with E-state index in [4.69, 9.17) is 9.47 Å². The molecule has 0 aliphatic carbocycles. The Labute approximate surface area is 153 Å². The zero-order chi connectivity index (χ0) is 18.5. The highest BCUT2D eigenvalue weighted by atomic mass is 32.1. The zero-order valence-electron chi connectivity index (χ0n) is 13.7. The molecule has 3 rings (SSSR count). The molecule has 0 amide bonds. The minimum Gasteiger partial charge on any atom is -0.497 e.